The Morgan fingerprint density at radius 1 is 0.589 bits per heavy atom. The molecule has 1 atom stereocenters. The van der Waals surface area contributed by atoms with Gasteiger partial charge in [-0.1, -0.05) is 36.4 Å². The fraction of sp³-hybridized carbons (Fsp3) is 0.439. The summed E-state index contributed by atoms with van der Waals surface area (Å²) in [5, 5.41) is 0.0970. The molecule has 0 N–H and O–H groups in total. The molecule has 1 fully saturated rings. The van der Waals surface area contributed by atoms with Gasteiger partial charge in [0.1, 0.15) is 47.1 Å². The monoisotopic (exact) mass is 1350 g/mol. The number of rotatable bonds is 34. The van der Waals surface area contributed by atoms with E-state index in [9.17, 15) is 79.2 Å². The molecule has 0 saturated carbocycles. The van der Waals surface area contributed by atoms with E-state index in [4.69, 9.17) is 33.3 Å². The minimum Gasteiger partial charge on any atom is -0.748 e. The summed E-state index contributed by atoms with van der Waals surface area (Å²) in [5.41, 5.74) is 0.147. The van der Waals surface area contributed by atoms with E-state index in [2.05, 4.69) is 0 Å². The number of anilines is 1. The van der Waals surface area contributed by atoms with Crippen LogP contribution < -0.4 is 4.90 Å². The Balaban J connectivity index is 1.06. The van der Waals surface area contributed by atoms with E-state index in [1.807, 2.05) is 4.58 Å². The average Bonchev–Trinajstić information content (AvgIpc) is 1.52. The van der Waals surface area contributed by atoms with Crippen LogP contribution >= 0.6 is 0 Å². The molecular weight excluding hydrogens is 1290 g/mol. The summed E-state index contributed by atoms with van der Waals surface area (Å²) in [6.07, 6.45) is 11.1. The highest BCUT2D eigenvalue weighted by atomic mass is 32.2. The first-order valence-electron chi connectivity index (χ1n) is 27.8. The second kappa shape index (κ2) is 29.6. The molecular formula is C57H65N3O25S5-4. The van der Waals surface area contributed by atoms with Crippen molar-refractivity contribution in [1.82, 2.24) is 5.06 Å². The molecule has 33 heteroatoms. The lowest BCUT2D eigenvalue weighted by Gasteiger charge is -2.31. The van der Waals surface area contributed by atoms with E-state index in [1.54, 1.807) is 74.3 Å². The van der Waals surface area contributed by atoms with Crippen molar-refractivity contribution in [2.75, 3.05) is 104 Å². The smallest absolute Gasteiger partial charge is 0.335 e. The predicted octanol–water partition coefficient (Wildman–Crippen LogP) is 3.37. The molecule has 2 amide bonds. The van der Waals surface area contributed by atoms with E-state index in [1.165, 1.54) is 25.3 Å². The molecule has 7 rings (SSSR count). The molecule has 90 heavy (non-hydrogen) atoms. The highest BCUT2D eigenvalue weighted by molar-refractivity contribution is 7.87. The number of hydrogen-bond acceptors (Lipinski definition) is 26. The lowest BCUT2D eigenvalue weighted by atomic mass is 9.75. The molecule has 0 aliphatic carbocycles. The number of imide groups is 1. The molecule has 3 aliphatic rings. The maximum absolute atomic E-state index is 12.6. The number of methoxy groups -OCH3 is 1. The molecule has 0 radical (unpaired) electrons. The minimum atomic E-state index is -5.38. The van der Waals surface area contributed by atoms with Crippen LogP contribution in [0.25, 0.3) is 21.5 Å². The quantitative estimate of drug-likeness (QED) is 0.0213. The number of carbonyl (C=O) groups is 3. The van der Waals surface area contributed by atoms with Gasteiger partial charge in [0.2, 0.25) is 5.69 Å². The lowest BCUT2D eigenvalue weighted by molar-refractivity contribution is -0.442. The maximum Gasteiger partial charge on any atom is 0.335 e. The van der Waals surface area contributed by atoms with E-state index in [0.717, 1.165) is 12.1 Å². The second-order valence-corrected chi connectivity index (χ2v) is 28.3. The van der Waals surface area contributed by atoms with Crippen molar-refractivity contribution in [3.05, 3.63) is 108 Å². The van der Waals surface area contributed by atoms with Gasteiger partial charge in [-0.3, -0.25) is 9.59 Å². The number of hydroxylamine groups is 2. The first kappa shape index (κ1) is 71.2. The number of nitrogens with zero attached hydrogens (tertiary/aromatic N) is 3. The van der Waals surface area contributed by atoms with E-state index >= 15 is 0 Å². The van der Waals surface area contributed by atoms with Crippen LogP contribution in [0.15, 0.2) is 116 Å². The molecule has 1 saturated heterocycles. The topological polar surface area (TPSA) is 411 Å². The highest BCUT2D eigenvalue weighted by Crippen LogP contribution is 2.54. The molecule has 3 heterocycles. The molecule has 0 aromatic heterocycles. The Hall–Kier alpha value is -6.25. The zero-order valence-corrected chi connectivity index (χ0v) is 53.3. The largest absolute Gasteiger partial charge is 0.748 e. The van der Waals surface area contributed by atoms with Crippen LogP contribution in [0.5, 0.6) is 0 Å². The molecule has 4 aromatic carbocycles. The molecule has 3 aliphatic heterocycles. The van der Waals surface area contributed by atoms with E-state index in [0.29, 0.717) is 45.5 Å². The normalized spacial score (nSPS) is 17.9. The number of amides is 2. The second-order valence-electron chi connectivity index (χ2n) is 21.3. The third-order valence-corrected chi connectivity index (χ3v) is 19.1. The van der Waals surface area contributed by atoms with Crippen molar-refractivity contribution in [1.29, 1.82) is 0 Å². The third-order valence-electron chi connectivity index (χ3n) is 14.9. The first-order valence-corrected chi connectivity index (χ1v) is 35.0. The fourth-order valence-electron chi connectivity index (χ4n) is 10.9. The average molecular weight is 1350 g/mol. The molecule has 1 unspecified atom stereocenters. The Bertz CT molecular complexity index is 4150. The Morgan fingerprint density at radius 3 is 1.59 bits per heavy atom. The van der Waals surface area contributed by atoms with Gasteiger partial charge in [-0.2, -0.15) is 4.58 Å². The van der Waals surface area contributed by atoms with Gasteiger partial charge in [-0.15, -0.1) is 5.06 Å². The SMILES string of the molecule is COCCN1/C(=C/C=C/C=C/C=C/C2=[N+](CCOCCOCCOCCOCCOCCC(=O)ON3C(=O)CCC3=O)c3ccc4c(S(=O)(=O)[O-])cc(S(=O)(=O)[O-])cc4c3C2(C)C)C(C)(CCCS(=O)(=O)[O-])c2c1ccc1c(S(=O)(=O)[O-])cc(S(=O)(=O)[O-])cc21. The summed E-state index contributed by atoms with van der Waals surface area (Å²) in [6.45, 7) is 7.39. The van der Waals surface area contributed by atoms with Crippen molar-refractivity contribution in [2.45, 2.75) is 83.3 Å². The lowest BCUT2D eigenvalue weighted by Crippen LogP contribution is -2.32. The van der Waals surface area contributed by atoms with Crippen LogP contribution in [0.2, 0.25) is 0 Å². The highest BCUT2D eigenvalue weighted by Gasteiger charge is 2.47. The number of fused-ring (bicyclic) bond motifs is 6. The van der Waals surface area contributed by atoms with Gasteiger partial charge >= 0.3 is 5.97 Å². The zero-order valence-electron chi connectivity index (χ0n) is 49.2. The molecule has 28 nitrogen and oxygen atoms in total. The Kier molecular flexibility index (Phi) is 23.4. The van der Waals surface area contributed by atoms with Gasteiger partial charge in [-0.05, 0) is 97.8 Å². The number of hydrogen-bond donors (Lipinski definition) is 0. The van der Waals surface area contributed by atoms with Gasteiger partial charge in [0, 0.05) is 72.1 Å². The standard InChI is InChI=1S/C57H69N3O25S5/c1-56(2)49(11-8-6-5-7-9-12-50-57(3,20-10-34-86(64,65)66)55-44-36-40(88(70,71)72)38-48(90(76,77)78)42(44)14-16-46(55)59(50)21-24-79-4)58(45-15-13-41-43(54(45)56)35-39(87(67,68)69)37-47(41)89(73,74)75)22-25-81-27-29-83-31-33-84-32-30-82-28-26-80-23-19-53(63)85-60-51(61)17-18-52(60)62/h5-9,11-16,35-38H,10,17-34H2,1-4H3,(H4-,64,65,66,67,68,69,70,71,72,73,74,75,76,77,78)/p-4. The van der Waals surface area contributed by atoms with Crippen LogP contribution in [0, 0.1) is 0 Å². The van der Waals surface area contributed by atoms with Gasteiger partial charge in [0.25, 0.3) is 11.8 Å². The number of carbonyl (C=O) groups excluding carboxylic acids is 3. The summed E-state index contributed by atoms with van der Waals surface area (Å²) in [5.74, 6) is -2.73. The maximum atomic E-state index is 12.6. The van der Waals surface area contributed by atoms with Crippen molar-refractivity contribution < 1.29 is 117 Å². The van der Waals surface area contributed by atoms with Crippen LogP contribution in [-0.4, -0.2) is 197 Å². The number of benzene rings is 4. The number of ether oxygens (including phenoxy) is 6. The van der Waals surface area contributed by atoms with Gasteiger partial charge < -0.3 is 60.9 Å². The summed E-state index contributed by atoms with van der Waals surface area (Å²) >= 11 is 0. The van der Waals surface area contributed by atoms with Crippen molar-refractivity contribution >= 4 is 107 Å². The van der Waals surface area contributed by atoms with Crippen LogP contribution in [0.3, 0.4) is 0 Å². The molecule has 4 aromatic rings. The van der Waals surface area contributed by atoms with Crippen LogP contribution in [0.1, 0.15) is 64.0 Å². The Labute approximate surface area is 521 Å². The minimum absolute atomic E-state index is 0.00472. The molecule has 0 spiro atoms. The molecule has 0 bridgehead atoms. The van der Waals surface area contributed by atoms with E-state index < -0.39 is 105 Å². The van der Waals surface area contributed by atoms with Crippen LogP contribution in [0.4, 0.5) is 11.4 Å². The van der Waals surface area contributed by atoms with Crippen LogP contribution in [-0.2, 0) is 109 Å². The van der Waals surface area contributed by atoms with E-state index in [-0.39, 0.29) is 145 Å². The first-order chi connectivity index (χ1) is 42.2. The van der Waals surface area contributed by atoms with Crippen molar-refractivity contribution in [3.8, 4) is 0 Å². The van der Waals surface area contributed by atoms with Gasteiger partial charge in [-0.25, -0.2) is 46.9 Å². The number of allylic oxidation sites excluding steroid dienone is 8. The Morgan fingerprint density at radius 2 is 1.08 bits per heavy atom. The summed E-state index contributed by atoms with van der Waals surface area (Å²) < 4.78 is 221. The summed E-state index contributed by atoms with van der Waals surface area (Å²) in [7, 11) is -24.6. The van der Waals surface area contributed by atoms with Gasteiger partial charge in [0.05, 0.1) is 108 Å². The third kappa shape index (κ3) is 17.5. The van der Waals surface area contributed by atoms with Crippen molar-refractivity contribution in [2.24, 2.45) is 0 Å². The predicted molar refractivity (Wildman–Crippen MR) is 314 cm³/mol. The van der Waals surface area contributed by atoms with Crippen molar-refractivity contribution in [3.63, 3.8) is 0 Å². The summed E-state index contributed by atoms with van der Waals surface area (Å²) in [6, 6.07) is 8.75. The fourth-order valence-corrected chi connectivity index (χ4v) is 14.1. The summed E-state index contributed by atoms with van der Waals surface area (Å²) in [4.78, 5) is 37.7. The van der Waals surface area contributed by atoms with Gasteiger partial charge in [0.15, 0.2) is 12.3 Å². The zero-order chi connectivity index (χ0) is 66.0. The molecule has 492 valence electrons.